The molecule has 0 spiro atoms. The number of hydrogen-bond donors (Lipinski definition) is 1. The molecule has 28 heavy (non-hydrogen) atoms. The lowest BCUT2D eigenvalue weighted by molar-refractivity contribution is 0.0923. The van der Waals surface area contributed by atoms with Crippen molar-refractivity contribution in [3.8, 4) is 5.88 Å². The van der Waals surface area contributed by atoms with Crippen molar-refractivity contribution in [1.82, 2.24) is 15.3 Å². The number of carbonyl (C=O) groups excluding carboxylic acids is 1. The van der Waals surface area contributed by atoms with E-state index in [1.807, 2.05) is 0 Å². The maximum atomic E-state index is 13.8. The van der Waals surface area contributed by atoms with E-state index in [-0.39, 0.29) is 23.9 Å². The number of fused-ring (bicyclic) bond motifs is 1. The Hall–Kier alpha value is -2.21. The Morgan fingerprint density at radius 1 is 1.32 bits per heavy atom. The molecule has 148 valence electrons. The number of nitrogens with one attached hydrogen (secondary N) is 1. The van der Waals surface area contributed by atoms with Crippen LogP contribution in [0.15, 0.2) is 30.5 Å². The van der Waals surface area contributed by atoms with Crippen LogP contribution < -0.4 is 10.1 Å². The molecular weight excluding hydrogens is 381 g/mol. The number of rotatable bonds is 6. The quantitative estimate of drug-likeness (QED) is 0.785. The van der Waals surface area contributed by atoms with Crippen LogP contribution in [-0.4, -0.2) is 28.0 Å². The third-order valence-electron chi connectivity index (χ3n) is 5.91. The summed E-state index contributed by atoms with van der Waals surface area (Å²) < 4.78 is 19.6. The Balaban J connectivity index is 1.33. The van der Waals surface area contributed by atoms with E-state index in [9.17, 15) is 9.18 Å². The summed E-state index contributed by atoms with van der Waals surface area (Å²) in [4.78, 5) is 20.4. The lowest BCUT2D eigenvalue weighted by Crippen LogP contribution is -2.37. The molecule has 0 unspecified atom stereocenters. The number of amides is 1. The van der Waals surface area contributed by atoms with Crippen LogP contribution in [0.1, 0.15) is 42.4 Å². The van der Waals surface area contributed by atoms with Crippen LogP contribution in [0.2, 0.25) is 5.02 Å². The molecule has 1 N–H and O–H groups in total. The summed E-state index contributed by atoms with van der Waals surface area (Å²) in [5, 5.41) is 3.78. The molecule has 3 atom stereocenters. The number of aromatic nitrogens is 2. The Bertz CT molecular complexity index is 864. The first-order valence-electron chi connectivity index (χ1n) is 9.68. The van der Waals surface area contributed by atoms with Gasteiger partial charge in [-0.1, -0.05) is 18.5 Å². The maximum absolute atomic E-state index is 13.8. The molecule has 1 aromatic carbocycles. The Morgan fingerprint density at radius 2 is 2.00 bits per heavy atom. The molecular formula is C21H23ClFN3O2. The lowest BCUT2D eigenvalue weighted by Gasteiger charge is -2.22. The predicted molar refractivity (Wildman–Crippen MR) is 104 cm³/mol. The summed E-state index contributed by atoms with van der Waals surface area (Å²) in [5.74, 6) is 1.41. The number of nitrogens with zero attached hydrogens (tertiary/aromatic N) is 2. The van der Waals surface area contributed by atoms with E-state index in [4.69, 9.17) is 16.3 Å². The number of ether oxygens (including phenoxy) is 1. The van der Waals surface area contributed by atoms with Crippen LogP contribution in [0, 0.1) is 30.5 Å². The highest BCUT2D eigenvalue weighted by atomic mass is 35.5. The highest BCUT2D eigenvalue weighted by Gasteiger charge is 2.59. The fourth-order valence-corrected chi connectivity index (χ4v) is 4.66. The SMILES string of the molecule is CC[C@H](NC(=O)c1ccc(Cl)cc1)C1[C@H]2CC(Oc3nc(C)ncc3F)C[C@H]12. The van der Waals surface area contributed by atoms with Gasteiger partial charge in [-0.2, -0.15) is 9.37 Å². The highest BCUT2D eigenvalue weighted by molar-refractivity contribution is 6.30. The molecule has 5 nitrogen and oxygen atoms in total. The molecule has 1 aromatic heterocycles. The van der Waals surface area contributed by atoms with Gasteiger partial charge in [0.15, 0.2) is 0 Å². The van der Waals surface area contributed by atoms with Gasteiger partial charge in [-0.3, -0.25) is 4.79 Å². The fourth-order valence-electron chi connectivity index (χ4n) is 4.53. The third-order valence-corrected chi connectivity index (χ3v) is 6.16. The van der Waals surface area contributed by atoms with Crippen molar-refractivity contribution in [3.05, 3.63) is 52.7 Å². The summed E-state index contributed by atoms with van der Waals surface area (Å²) in [7, 11) is 0. The van der Waals surface area contributed by atoms with Gasteiger partial charge in [-0.25, -0.2) is 4.98 Å². The summed E-state index contributed by atoms with van der Waals surface area (Å²) in [6.45, 7) is 3.80. The van der Waals surface area contributed by atoms with Gasteiger partial charge in [-0.05, 0) is 68.2 Å². The highest BCUT2D eigenvalue weighted by Crippen LogP contribution is 2.60. The van der Waals surface area contributed by atoms with Crippen molar-refractivity contribution in [2.45, 2.75) is 45.3 Å². The van der Waals surface area contributed by atoms with Gasteiger partial charge >= 0.3 is 0 Å². The van der Waals surface area contributed by atoms with Crippen molar-refractivity contribution in [1.29, 1.82) is 0 Å². The molecule has 7 heteroatoms. The van der Waals surface area contributed by atoms with E-state index in [1.165, 1.54) is 0 Å². The van der Waals surface area contributed by atoms with Gasteiger partial charge in [0.25, 0.3) is 11.8 Å². The minimum absolute atomic E-state index is 0.0282. The molecule has 1 heterocycles. The predicted octanol–water partition coefficient (Wildman–Crippen LogP) is 4.19. The molecule has 0 radical (unpaired) electrons. The zero-order valence-electron chi connectivity index (χ0n) is 15.9. The Labute approximate surface area is 168 Å². The maximum Gasteiger partial charge on any atom is 0.254 e. The van der Waals surface area contributed by atoms with Crippen molar-refractivity contribution >= 4 is 17.5 Å². The second-order valence-corrected chi connectivity index (χ2v) is 8.12. The van der Waals surface area contributed by atoms with Gasteiger partial charge in [0.05, 0.1) is 6.20 Å². The fraction of sp³-hybridized carbons (Fsp3) is 0.476. The first-order chi connectivity index (χ1) is 13.5. The summed E-state index contributed by atoms with van der Waals surface area (Å²) >= 11 is 5.89. The molecule has 0 aliphatic heterocycles. The van der Waals surface area contributed by atoms with E-state index >= 15 is 0 Å². The molecule has 1 amide bonds. The van der Waals surface area contributed by atoms with Gasteiger partial charge in [0.1, 0.15) is 11.9 Å². The normalized spacial score (nSPS) is 24.5. The van der Waals surface area contributed by atoms with Crippen LogP contribution in [0.3, 0.4) is 0 Å². The molecule has 2 saturated carbocycles. The second-order valence-electron chi connectivity index (χ2n) is 7.68. The van der Waals surface area contributed by atoms with E-state index in [0.717, 1.165) is 25.5 Å². The first kappa shape index (κ1) is 19.1. The second kappa shape index (κ2) is 7.66. The Kier molecular flexibility index (Phi) is 5.23. The average Bonchev–Trinajstić information content (AvgIpc) is 3.17. The van der Waals surface area contributed by atoms with E-state index in [0.29, 0.717) is 34.2 Å². The van der Waals surface area contributed by atoms with Crippen molar-refractivity contribution < 1.29 is 13.9 Å². The van der Waals surface area contributed by atoms with Crippen LogP contribution >= 0.6 is 11.6 Å². The third kappa shape index (κ3) is 3.83. The van der Waals surface area contributed by atoms with Gasteiger partial charge in [0.2, 0.25) is 5.82 Å². The van der Waals surface area contributed by atoms with Crippen LogP contribution in [0.4, 0.5) is 4.39 Å². The minimum atomic E-state index is -0.524. The number of hydrogen-bond acceptors (Lipinski definition) is 4. The first-order valence-corrected chi connectivity index (χ1v) is 10.1. The largest absolute Gasteiger partial charge is 0.472 e. The molecule has 2 fully saturated rings. The van der Waals surface area contributed by atoms with E-state index in [1.54, 1.807) is 31.2 Å². The lowest BCUT2D eigenvalue weighted by atomic mass is 10.00. The van der Waals surface area contributed by atoms with E-state index < -0.39 is 5.82 Å². The number of aryl methyl sites for hydroxylation is 1. The summed E-state index contributed by atoms with van der Waals surface area (Å²) in [6.07, 6.45) is 3.73. The smallest absolute Gasteiger partial charge is 0.254 e. The van der Waals surface area contributed by atoms with Crippen LogP contribution in [-0.2, 0) is 0 Å². The number of carbonyl (C=O) groups is 1. The van der Waals surface area contributed by atoms with Gasteiger partial charge in [-0.15, -0.1) is 0 Å². The van der Waals surface area contributed by atoms with Crippen LogP contribution in [0.25, 0.3) is 0 Å². The summed E-state index contributed by atoms with van der Waals surface area (Å²) in [5.41, 5.74) is 0.615. The topological polar surface area (TPSA) is 64.1 Å². The standard InChI is InChI=1S/C21H23ClFN3O2/c1-3-18(26-20(27)12-4-6-13(22)7-5-12)19-15-8-14(9-16(15)19)28-21-17(23)10-24-11(2)25-21/h4-7,10,14-16,18-19H,3,8-9H2,1-2H3,(H,26,27)/t14?,15-,16-,18-,19?/m0/s1. The minimum Gasteiger partial charge on any atom is -0.472 e. The number of halogens is 2. The van der Waals surface area contributed by atoms with Crippen molar-refractivity contribution in [2.75, 3.05) is 0 Å². The molecule has 0 bridgehead atoms. The Morgan fingerprint density at radius 3 is 2.64 bits per heavy atom. The zero-order chi connectivity index (χ0) is 19.8. The van der Waals surface area contributed by atoms with Gasteiger partial charge < -0.3 is 10.1 Å². The summed E-state index contributed by atoms with van der Waals surface area (Å²) in [6, 6.07) is 7.05. The molecule has 2 aliphatic carbocycles. The van der Waals surface area contributed by atoms with Crippen molar-refractivity contribution in [2.24, 2.45) is 17.8 Å². The monoisotopic (exact) mass is 403 g/mol. The van der Waals surface area contributed by atoms with Crippen LogP contribution in [0.5, 0.6) is 5.88 Å². The zero-order valence-corrected chi connectivity index (χ0v) is 16.6. The number of benzene rings is 1. The average molecular weight is 404 g/mol. The molecule has 2 aliphatic rings. The van der Waals surface area contributed by atoms with Crippen molar-refractivity contribution in [3.63, 3.8) is 0 Å². The molecule has 2 aromatic rings. The van der Waals surface area contributed by atoms with Gasteiger partial charge in [0, 0.05) is 16.6 Å². The molecule has 0 saturated heterocycles. The molecule has 4 rings (SSSR count). The van der Waals surface area contributed by atoms with E-state index in [2.05, 4.69) is 22.2 Å².